The lowest BCUT2D eigenvalue weighted by atomic mass is 9.80. The molecule has 0 N–H and O–H groups in total. The Morgan fingerprint density at radius 3 is 1.67 bits per heavy atom. The minimum atomic E-state index is 0.358. The molecule has 1 nitrogen and oxygen atoms in total. The summed E-state index contributed by atoms with van der Waals surface area (Å²) in [4.78, 5) is 2.52. The summed E-state index contributed by atoms with van der Waals surface area (Å²) < 4.78 is 0. The van der Waals surface area contributed by atoms with Gasteiger partial charge in [-0.05, 0) is 53.9 Å². The van der Waals surface area contributed by atoms with Crippen molar-refractivity contribution in [2.75, 3.05) is 0 Å². The van der Waals surface area contributed by atoms with Crippen LogP contribution in [0, 0.1) is 6.54 Å². The second-order valence-corrected chi connectivity index (χ2v) is 5.11. The Morgan fingerprint density at radius 2 is 1.42 bits per heavy atom. The van der Waals surface area contributed by atoms with Crippen molar-refractivity contribution < 1.29 is 0 Å². The Labute approximate surface area is 77.1 Å². The van der Waals surface area contributed by atoms with Crippen LogP contribution in [0.2, 0.25) is 0 Å². The van der Waals surface area contributed by atoms with Crippen LogP contribution in [0.3, 0.4) is 0 Å². The van der Waals surface area contributed by atoms with E-state index in [0.29, 0.717) is 11.1 Å². The zero-order valence-corrected chi connectivity index (χ0v) is 9.15. The predicted octanol–water partition coefficient (Wildman–Crippen LogP) is 3.21. The number of piperidine rings is 1. The van der Waals surface area contributed by atoms with Crippen molar-refractivity contribution in [3.8, 4) is 0 Å². The molecule has 0 aromatic rings. The molecule has 0 aromatic heterocycles. The lowest BCUT2D eigenvalue weighted by molar-refractivity contribution is 0.00187. The van der Waals surface area contributed by atoms with Crippen molar-refractivity contribution in [1.29, 1.82) is 0 Å². The van der Waals surface area contributed by atoms with E-state index in [-0.39, 0.29) is 0 Å². The molecule has 71 valence electrons. The Hall–Kier alpha value is -0.0400. The number of nitrogens with zero attached hydrogens (tertiary/aromatic N) is 1. The monoisotopic (exact) mass is 168 g/mol. The molecule has 0 bridgehead atoms. The Balaban J connectivity index is 2.81. The quantitative estimate of drug-likeness (QED) is 0.581. The van der Waals surface area contributed by atoms with Gasteiger partial charge in [0.15, 0.2) is 0 Å². The summed E-state index contributed by atoms with van der Waals surface area (Å²) in [6, 6.07) is 0. The summed E-state index contributed by atoms with van der Waals surface area (Å²) in [6.07, 6.45) is 4.01. The Morgan fingerprint density at radius 1 is 1.00 bits per heavy atom. The zero-order valence-electron chi connectivity index (χ0n) is 9.15. The van der Waals surface area contributed by atoms with Gasteiger partial charge in [-0.25, -0.2) is 0 Å². The standard InChI is InChI=1S/C11H22N/c1-6-12-10(2,3)8-7-9-11(12,4)5/h6H,7-9H2,1-5H3. The molecule has 0 atom stereocenters. The number of likely N-dealkylation sites (tertiary alicyclic amines) is 1. The maximum Gasteiger partial charge on any atom is 0.0231 e. The number of rotatable bonds is 1. The molecule has 0 spiro atoms. The van der Waals surface area contributed by atoms with Crippen molar-refractivity contribution in [1.82, 2.24) is 4.90 Å². The van der Waals surface area contributed by atoms with Gasteiger partial charge in [0.05, 0.1) is 0 Å². The van der Waals surface area contributed by atoms with E-state index in [0.717, 1.165) is 0 Å². The van der Waals surface area contributed by atoms with Crippen LogP contribution in [0.4, 0.5) is 0 Å². The third-order valence-corrected chi connectivity index (χ3v) is 3.14. The van der Waals surface area contributed by atoms with E-state index in [2.05, 4.69) is 46.1 Å². The molecule has 1 heteroatoms. The van der Waals surface area contributed by atoms with Gasteiger partial charge in [-0.1, -0.05) is 0 Å². The van der Waals surface area contributed by atoms with Gasteiger partial charge in [-0.15, -0.1) is 0 Å². The molecular formula is C11H22N. The molecule has 0 saturated carbocycles. The molecule has 1 rings (SSSR count). The first kappa shape index (κ1) is 10.0. The first-order chi connectivity index (χ1) is 5.40. The van der Waals surface area contributed by atoms with Crippen molar-refractivity contribution in [2.45, 2.75) is 65.0 Å². The van der Waals surface area contributed by atoms with Gasteiger partial charge >= 0.3 is 0 Å². The highest BCUT2D eigenvalue weighted by molar-refractivity contribution is 4.98. The normalized spacial score (nSPS) is 28.8. The van der Waals surface area contributed by atoms with E-state index in [9.17, 15) is 0 Å². The fourth-order valence-corrected chi connectivity index (χ4v) is 2.71. The summed E-state index contributed by atoms with van der Waals surface area (Å²) in [5.41, 5.74) is 0.715. The smallest absolute Gasteiger partial charge is 0.0231 e. The third-order valence-electron chi connectivity index (χ3n) is 3.14. The molecule has 1 heterocycles. The van der Waals surface area contributed by atoms with Crippen LogP contribution in [0.1, 0.15) is 53.9 Å². The summed E-state index contributed by atoms with van der Waals surface area (Å²) in [6.45, 7) is 13.8. The molecule has 0 aliphatic carbocycles. The van der Waals surface area contributed by atoms with E-state index >= 15 is 0 Å². The maximum absolute atomic E-state index is 2.52. The van der Waals surface area contributed by atoms with E-state index in [4.69, 9.17) is 0 Å². The van der Waals surface area contributed by atoms with Crippen molar-refractivity contribution in [3.05, 3.63) is 6.54 Å². The summed E-state index contributed by atoms with van der Waals surface area (Å²) in [5.74, 6) is 0. The average Bonchev–Trinajstić information content (AvgIpc) is 1.83. The summed E-state index contributed by atoms with van der Waals surface area (Å²) in [7, 11) is 0. The van der Waals surface area contributed by atoms with Gasteiger partial charge in [0, 0.05) is 17.6 Å². The Bertz CT molecular complexity index is 142. The van der Waals surface area contributed by atoms with Crippen LogP contribution in [-0.4, -0.2) is 16.0 Å². The third kappa shape index (κ3) is 1.66. The first-order valence-corrected chi connectivity index (χ1v) is 4.99. The molecule has 0 amide bonds. The van der Waals surface area contributed by atoms with Crippen LogP contribution in [0.15, 0.2) is 0 Å². The van der Waals surface area contributed by atoms with Gasteiger partial charge in [0.25, 0.3) is 0 Å². The lowest BCUT2D eigenvalue weighted by Gasteiger charge is -2.52. The fourth-order valence-electron chi connectivity index (χ4n) is 2.71. The second-order valence-electron chi connectivity index (χ2n) is 5.11. The van der Waals surface area contributed by atoms with Crippen LogP contribution in [0.5, 0.6) is 0 Å². The van der Waals surface area contributed by atoms with E-state index in [1.54, 1.807) is 0 Å². The highest BCUT2D eigenvalue weighted by Gasteiger charge is 2.39. The molecule has 1 aliphatic rings. The molecular weight excluding hydrogens is 146 g/mol. The highest BCUT2D eigenvalue weighted by atomic mass is 15.2. The van der Waals surface area contributed by atoms with E-state index < -0.39 is 0 Å². The second kappa shape index (κ2) is 3.02. The van der Waals surface area contributed by atoms with Crippen molar-refractivity contribution >= 4 is 0 Å². The number of hydrogen-bond acceptors (Lipinski definition) is 1. The summed E-state index contributed by atoms with van der Waals surface area (Å²) >= 11 is 0. The highest BCUT2D eigenvalue weighted by Crippen LogP contribution is 2.38. The topological polar surface area (TPSA) is 3.24 Å². The predicted molar refractivity (Wildman–Crippen MR) is 53.8 cm³/mol. The summed E-state index contributed by atoms with van der Waals surface area (Å²) in [5, 5.41) is 0. The molecule has 1 fully saturated rings. The minimum absolute atomic E-state index is 0.358. The fraction of sp³-hybridized carbons (Fsp3) is 0.909. The molecule has 1 radical (unpaired) electrons. The minimum Gasteiger partial charge on any atom is -0.289 e. The van der Waals surface area contributed by atoms with Crippen LogP contribution >= 0.6 is 0 Å². The van der Waals surface area contributed by atoms with E-state index in [1.807, 2.05) is 0 Å². The number of hydrogen-bond donors (Lipinski definition) is 0. The van der Waals surface area contributed by atoms with Crippen molar-refractivity contribution in [2.24, 2.45) is 0 Å². The zero-order chi connectivity index (χ0) is 9.41. The van der Waals surface area contributed by atoms with Gasteiger partial charge in [-0.3, -0.25) is 4.90 Å². The maximum atomic E-state index is 2.52. The van der Waals surface area contributed by atoms with Crippen LogP contribution in [0.25, 0.3) is 0 Å². The Kier molecular flexibility index (Phi) is 2.53. The van der Waals surface area contributed by atoms with Gasteiger partial charge in [0.1, 0.15) is 0 Å². The van der Waals surface area contributed by atoms with Gasteiger partial charge in [-0.2, -0.15) is 0 Å². The average molecular weight is 168 g/mol. The lowest BCUT2D eigenvalue weighted by Crippen LogP contribution is -2.56. The molecule has 0 unspecified atom stereocenters. The van der Waals surface area contributed by atoms with Crippen molar-refractivity contribution in [3.63, 3.8) is 0 Å². The van der Waals surface area contributed by atoms with Gasteiger partial charge < -0.3 is 0 Å². The van der Waals surface area contributed by atoms with Crippen LogP contribution < -0.4 is 0 Å². The molecule has 0 aromatic carbocycles. The molecule has 1 aliphatic heterocycles. The largest absolute Gasteiger partial charge is 0.289 e. The van der Waals surface area contributed by atoms with Crippen LogP contribution in [-0.2, 0) is 0 Å². The molecule has 12 heavy (non-hydrogen) atoms. The van der Waals surface area contributed by atoms with E-state index in [1.165, 1.54) is 19.3 Å². The molecule has 1 saturated heterocycles. The van der Waals surface area contributed by atoms with Gasteiger partial charge in [0.2, 0.25) is 0 Å². The first-order valence-electron chi connectivity index (χ1n) is 4.99. The SMILES string of the molecule is C[CH]N1C(C)(C)CCCC1(C)C.